The molecule has 0 aromatic heterocycles. The molecule has 4 heteroatoms. The van der Waals surface area contributed by atoms with Gasteiger partial charge in [0.1, 0.15) is 0 Å². The van der Waals surface area contributed by atoms with Crippen molar-refractivity contribution in [1.29, 1.82) is 0 Å². The molecule has 4 nitrogen and oxygen atoms in total. The normalized spacial score (nSPS) is 9.62. The monoisotopic (exact) mass is 492 g/mol. The minimum Gasteiger partial charge on any atom is -0.465 e. The molecular formula is C33H32O4. The smallest absolute Gasteiger partial charge is 0.325 e. The molecule has 0 spiro atoms. The molecular weight excluding hydrogens is 460 g/mol. The first kappa shape index (κ1) is 28.9. The number of hydrogen-bond acceptors (Lipinski definition) is 4. The van der Waals surface area contributed by atoms with Crippen LogP contribution in [-0.4, -0.2) is 25.2 Å². The van der Waals surface area contributed by atoms with E-state index in [-0.39, 0.29) is 26.1 Å². The summed E-state index contributed by atoms with van der Waals surface area (Å²) in [5, 5.41) is 0. The Morgan fingerprint density at radius 2 is 1.00 bits per heavy atom. The zero-order chi connectivity index (χ0) is 26.9. The van der Waals surface area contributed by atoms with Crippen molar-refractivity contribution in [2.45, 2.75) is 53.4 Å². The van der Waals surface area contributed by atoms with E-state index in [1.807, 2.05) is 48.5 Å². The lowest BCUT2D eigenvalue weighted by molar-refractivity contribution is -0.171. The summed E-state index contributed by atoms with van der Waals surface area (Å²) in [6, 6.07) is 15.8. The highest BCUT2D eigenvalue weighted by atomic mass is 16.6. The SMILES string of the molecule is CCOC(=O)C(CC#CC#Cc1ccc(CC)cc1)(CC#CC#Cc1ccc(CC)cc1)C(=O)OCC. The van der Waals surface area contributed by atoms with Crippen molar-refractivity contribution in [3.05, 3.63) is 70.8 Å². The van der Waals surface area contributed by atoms with Crippen LogP contribution < -0.4 is 0 Å². The van der Waals surface area contributed by atoms with Gasteiger partial charge in [-0.05, 0) is 85.8 Å². The van der Waals surface area contributed by atoms with Gasteiger partial charge in [0, 0.05) is 24.0 Å². The van der Waals surface area contributed by atoms with Gasteiger partial charge in [-0.1, -0.05) is 61.8 Å². The van der Waals surface area contributed by atoms with Crippen molar-refractivity contribution in [1.82, 2.24) is 0 Å². The molecule has 0 amide bonds. The van der Waals surface area contributed by atoms with Crippen LogP contribution >= 0.6 is 0 Å². The summed E-state index contributed by atoms with van der Waals surface area (Å²) in [6.07, 6.45) is 1.65. The number of esters is 2. The number of benzene rings is 2. The van der Waals surface area contributed by atoms with Gasteiger partial charge in [-0.25, -0.2) is 0 Å². The van der Waals surface area contributed by atoms with Gasteiger partial charge in [0.2, 0.25) is 0 Å². The molecule has 2 aromatic rings. The Labute approximate surface area is 221 Å². The van der Waals surface area contributed by atoms with Crippen LogP contribution in [0.5, 0.6) is 0 Å². The predicted molar refractivity (Wildman–Crippen MR) is 146 cm³/mol. The average Bonchev–Trinajstić information content (AvgIpc) is 2.92. The van der Waals surface area contributed by atoms with Crippen molar-refractivity contribution in [3.8, 4) is 47.4 Å². The zero-order valence-corrected chi connectivity index (χ0v) is 22.0. The van der Waals surface area contributed by atoms with Crippen molar-refractivity contribution in [2.24, 2.45) is 5.41 Å². The quantitative estimate of drug-likeness (QED) is 0.292. The topological polar surface area (TPSA) is 52.6 Å². The zero-order valence-electron chi connectivity index (χ0n) is 22.0. The number of carbonyl (C=O) groups is 2. The van der Waals surface area contributed by atoms with Gasteiger partial charge >= 0.3 is 11.9 Å². The Hall–Kier alpha value is -4.38. The molecule has 0 bridgehead atoms. The molecule has 0 heterocycles. The largest absolute Gasteiger partial charge is 0.465 e. The standard InChI is InChI=1S/C33H32O4/c1-5-27-17-21-29(22-18-27)15-11-9-13-25-33(31(34)36-7-3,32(35)37-8-4)26-14-10-12-16-30-23-19-28(6-2)20-24-30/h17-24H,5-8,25-26H2,1-4H3. The lowest BCUT2D eigenvalue weighted by atomic mass is 9.81. The molecule has 0 unspecified atom stereocenters. The third-order valence-electron chi connectivity index (χ3n) is 5.55. The highest BCUT2D eigenvalue weighted by Gasteiger charge is 2.48. The molecule has 37 heavy (non-hydrogen) atoms. The third-order valence-corrected chi connectivity index (χ3v) is 5.55. The van der Waals surface area contributed by atoms with Crippen LogP contribution in [0.3, 0.4) is 0 Å². The van der Waals surface area contributed by atoms with Gasteiger partial charge < -0.3 is 9.47 Å². The van der Waals surface area contributed by atoms with Crippen molar-refractivity contribution < 1.29 is 19.1 Å². The number of hydrogen-bond donors (Lipinski definition) is 0. The second-order valence-corrected chi connectivity index (χ2v) is 8.08. The van der Waals surface area contributed by atoms with E-state index in [0.717, 1.165) is 24.0 Å². The number of ether oxygens (including phenoxy) is 2. The molecule has 0 aliphatic rings. The first-order chi connectivity index (χ1) is 18.0. The second-order valence-electron chi connectivity index (χ2n) is 8.08. The Kier molecular flexibility index (Phi) is 12.2. The van der Waals surface area contributed by atoms with Crippen LogP contribution in [0.4, 0.5) is 0 Å². The van der Waals surface area contributed by atoms with Crippen molar-refractivity contribution in [2.75, 3.05) is 13.2 Å². The summed E-state index contributed by atoms with van der Waals surface area (Å²) in [7, 11) is 0. The number of carbonyl (C=O) groups excluding carboxylic acids is 2. The summed E-state index contributed by atoms with van der Waals surface area (Å²) in [5.41, 5.74) is 2.45. The summed E-state index contributed by atoms with van der Waals surface area (Å²) in [5.74, 6) is 21.2. The summed E-state index contributed by atoms with van der Waals surface area (Å²) in [4.78, 5) is 25.9. The van der Waals surface area contributed by atoms with Gasteiger partial charge in [0.25, 0.3) is 0 Å². The molecule has 2 aromatic carbocycles. The van der Waals surface area contributed by atoms with E-state index in [1.54, 1.807) is 13.8 Å². The highest BCUT2D eigenvalue weighted by molar-refractivity contribution is 6.00. The van der Waals surface area contributed by atoms with E-state index in [0.29, 0.717) is 0 Å². The van der Waals surface area contributed by atoms with E-state index in [1.165, 1.54) is 11.1 Å². The van der Waals surface area contributed by atoms with Gasteiger partial charge in [-0.15, -0.1) is 0 Å². The van der Waals surface area contributed by atoms with E-state index in [2.05, 4.69) is 61.2 Å². The van der Waals surface area contributed by atoms with E-state index < -0.39 is 17.4 Å². The fraction of sp³-hybridized carbons (Fsp3) is 0.333. The predicted octanol–water partition coefficient (Wildman–Crippen LogP) is 5.11. The molecule has 188 valence electrons. The third kappa shape index (κ3) is 8.97. The fourth-order valence-electron chi connectivity index (χ4n) is 3.31. The van der Waals surface area contributed by atoms with E-state index >= 15 is 0 Å². The molecule has 0 aliphatic carbocycles. The number of rotatable bonds is 8. The highest BCUT2D eigenvalue weighted by Crippen LogP contribution is 2.30. The molecule has 0 aliphatic heterocycles. The number of aryl methyl sites for hydroxylation is 2. The van der Waals surface area contributed by atoms with E-state index in [9.17, 15) is 9.59 Å². The van der Waals surface area contributed by atoms with Crippen LogP contribution in [0.15, 0.2) is 48.5 Å². The fourth-order valence-corrected chi connectivity index (χ4v) is 3.31. The lowest BCUT2D eigenvalue weighted by Crippen LogP contribution is -2.41. The van der Waals surface area contributed by atoms with Crippen LogP contribution in [-0.2, 0) is 31.9 Å². The lowest BCUT2D eigenvalue weighted by Gasteiger charge is -2.25. The Bertz CT molecular complexity index is 1200. The van der Waals surface area contributed by atoms with Gasteiger partial charge in [-0.3, -0.25) is 9.59 Å². The summed E-state index contributed by atoms with van der Waals surface area (Å²) < 4.78 is 10.4. The first-order valence-electron chi connectivity index (χ1n) is 12.5. The molecule has 0 fully saturated rings. The average molecular weight is 493 g/mol. The van der Waals surface area contributed by atoms with Crippen LogP contribution in [0.1, 0.15) is 62.8 Å². The molecule has 0 saturated carbocycles. The molecule has 0 N–H and O–H groups in total. The van der Waals surface area contributed by atoms with E-state index in [4.69, 9.17) is 9.47 Å². The van der Waals surface area contributed by atoms with Gasteiger partial charge in [0.15, 0.2) is 5.41 Å². The second kappa shape index (κ2) is 15.6. The molecule has 0 saturated heterocycles. The summed E-state index contributed by atoms with van der Waals surface area (Å²) >= 11 is 0. The van der Waals surface area contributed by atoms with Crippen LogP contribution in [0, 0.1) is 52.8 Å². The minimum absolute atomic E-state index is 0.113. The van der Waals surface area contributed by atoms with Crippen molar-refractivity contribution >= 4 is 11.9 Å². The first-order valence-corrected chi connectivity index (χ1v) is 12.5. The summed E-state index contributed by atoms with van der Waals surface area (Å²) in [6.45, 7) is 7.76. The molecule has 0 radical (unpaired) electrons. The minimum atomic E-state index is -1.68. The maximum atomic E-state index is 12.9. The van der Waals surface area contributed by atoms with Crippen LogP contribution in [0.2, 0.25) is 0 Å². The maximum Gasteiger partial charge on any atom is 0.325 e. The molecule has 2 rings (SSSR count). The Balaban J connectivity index is 2.27. The van der Waals surface area contributed by atoms with Gasteiger partial charge in [-0.2, -0.15) is 0 Å². The Morgan fingerprint density at radius 3 is 1.32 bits per heavy atom. The Morgan fingerprint density at radius 1 is 0.622 bits per heavy atom. The van der Waals surface area contributed by atoms with Crippen molar-refractivity contribution in [3.63, 3.8) is 0 Å². The van der Waals surface area contributed by atoms with Crippen LogP contribution in [0.25, 0.3) is 0 Å². The van der Waals surface area contributed by atoms with Gasteiger partial charge in [0.05, 0.1) is 13.2 Å². The molecule has 0 atom stereocenters. The maximum absolute atomic E-state index is 12.9.